The van der Waals surface area contributed by atoms with Crippen LogP contribution < -0.4 is 5.32 Å². The summed E-state index contributed by atoms with van der Waals surface area (Å²) in [5.74, 6) is 0. The van der Waals surface area contributed by atoms with Gasteiger partial charge in [-0.2, -0.15) is 0 Å². The highest BCUT2D eigenvalue weighted by Crippen LogP contribution is 1.92. The third-order valence-corrected chi connectivity index (χ3v) is 2.55. The normalized spacial score (nSPS) is 12.8. The van der Waals surface area contributed by atoms with Crippen LogP contribution in [0.3, 0.4) is 0 Å². The molecule has 116 valence electrons. The van der Waals surface area contributed by atoms with Gasteiger partial charge in [-0.1, -0.05) is 0 Å². The van der Waals surface area contributed by atoms with Gasteiger partial charge in [0.1, 0.15) is 0 Å². The molecule has 0 radical (unpaired) electrons. The Kier molecular flexibility index (Phi) is 15.7. The maximum Gasteiger partial charge on any atom is 0.0700 e. The minimum atomic E-state index is 0.242. The standard InChI is InChI=1S/C14H31NO4/c1-4-17-8-5-7-15-13-14(2)19-10-6-9-18-12-11-16-3/h14-15H,4-13H2,1-3H3. The van der Waals surface area contributed by atoms with E-state index in [2.05, 4.69) is 12.2 Å². The predicted molar refractivity (Wildman–Crippen MR) is 76.7 cm³/mol. The monoisotopic (exact) mass is 277 g/mol. The molecule has 0 aliphatic rings. The van der Waals surface area contributed by atoms with Crippen LogP contribution in [0.5, 0.6) is 0 Å². The van der Waals surface area contributed by atoms with E-state index in [-0.39, 0.29) is 6.10 Å². The molecule has 5 heteroatoms. The average molecular weight is 277 g/mol. The van der Waals surface area contributed by atoms with Crippen molar-refractivity contribution in [3.05, 3.63) is 0 Å². The largest absolute Gasteiger partial charge is 0.382 e. The van der Waals surface area contributed by atoms with Crippen LogP contribution in [0.1, 0.15) is 26.7 Å². The van der Waals surface area contributed by atoms with E-state index in [0.29, 0.717) is 13.2 Å². The summed E-state index contributed by atoms with van der Waals surface area (Å²) in [5, 5.41) is 3.36. The summed E-state index contributed by atoms with van der Waals surface area (Å²) in [4.78, 5) is 0. The third-order valence-electron chi connectivity index (χ3n) is 2.55. The summed E-state index contributed by atoms with van der Waals surface area (Å²) in [6.45, 7) is 10.4. The van der Waals surface area contributed by atoms with E-state index in [9.17, 15) is 0 Å². The lowest BCUT2D eigenvalue weighted by Gasteiger charge is -2.14. The van der Waals surface area contributed by atoms with E-state index >= 15 is 0 Å². The smallest absolute Gasteiger partial charge is 0.0700 e. The highest BCUT2D eigenvalue weighted by molar-refractivity contribution is 4.55. The molecule has 0 aromatic rings. The molecule has 0 spiro atoms. The molecule has 1 N–H and O–H groups in total. The molecule has 0 amide bonds. The zero-order valence-electron chi connectivity index (χ0n) is 12.8. The average Bonchev–Trinajstić information content (AvgIpc) is 2.41. The molecule has 19 heavy (non-hydrogen) atoms. The molecule has 1 unspecified atom stereocenters. The van der Waals surface area contributed by atoms with E-state index in [1.807, 2.05) is 6.92 Å². The van der Waals surface area contributed by atoms with E-state index in [0.717, 1.165) is 52.4 Å². The second kappa shape index (κ2) is 15.9. The molecule has 0 aliphatic carbocycles. The number of rotatable bonds is 15. The maximum atomic E-state index is 5.67. The van der Waals surface area contributed by atoms with Crippen LogP contribution in [-0.2, 0) is 18.9 Å². The van der Waals surface area contributed by atoms with Crippen molar-refractivity contribution in [2.75, 3.05) is 59.8 Å². The van der Waals surface area contributed by atoms with Gasteiger partial charge in [0, 0.05) is 40.1 Å². The van der Waals surface area contributed by atoms with Crippen LogP contribution in [0.4, 0.5) is 0 Å². The highest BCUT2D eigenvalue weighted by Gasteiger charge is 2.01. The summed E-state index contributed by atoms with van der Waals surface area (Å²) in [5.41, 5.74) is 0. The molecule has 0 rings (SSSR count). The second-order valence-corrected chi connectivity index (χ2v) is 4.39. The third kappa shape index (κ3) is 15.7. The van der Waals surface area contributed by atoms with Gasteiger partial charge in [0.15, 0.2) is 0 Å². The predicted octanol–water partition coefficient (Wildman–Crippen LogP) is 1.46. The van der Waals surface area contributed by atoms with Gasteiger partial charge in [-0.25, -0.2) is 0 Å². The molecule has 0 aromatic heterocycles. The SMILES string of the molecule is CCOCCCNCC(C)OCCCOCCOC. The molecule has 0 fully saturated rings. The van der Waals surface area contributed by atoms with Crippen LogP contribution in [0.15, 0.2) is 0 Å². The van der Waals surface area contributed by atoms with Crippen LogP contribution in [0.25, 0.3) is 0 Å². The molecular formula is C14H31NO4. The molecule has 0 heterocycles. The molecule has 0 saturated carbocycles. The van der Waals surface area contributed by atoms with Crippen molar-refractivity contribution in [2.45, 2.75) is 32.8 Å². The minimum Gasteiger partial charge on any atom is -0.382 e. The first-order chi connectivity index (χ1) is 9.31. The van der Waals surface area contributed by atoms with Crippen LogP contribution >= 0.6 is 0 Å². The van der Waals surface area contributed by atoms with Crippen molar-refractivity contribution in [1.29, 1.82) is 0 Å². The van der Waals surface area contributed by atoms with Gasteiger partial charge < -0.3 is 24.3 Å². The summed E-state index contributed by atoms with van der Waals surface area (Å²) in [6.07, 6.45) is 2.22. The molecule has 0 saturated heterocycles. The number of methoxy groups -OCH3 is 1. The van der Waals surface area contributed by atoms with Crippen molar-refractivity contribution in [3.63, 3.8) is 0 Å². The number of nitrogens with one attached hydrogen (secondary N) is 1. The van der Waals surface area contributed by atoms with Crippen molar-refractivity contribution in [1.82, 2.24) is 5.32 Å². The summed E-state index contributed by atoms with van der Waals surface area (Å²) in [7, 11) is 1.68. The molecule has 0 aromatic carbocycles. The number of ether oxygens (including phenoxy) is 4. The first kappa shape index (κ1) is 18.8. The van der Waals surface area contributed by atoms with Gasteiger partial charge in [-0.15, -0.1) is 0 Å². The fourth-order valence-electron chi connectivity index (χ4n) is 1.50. The van der Waals surface area contributed by atoms with Crippen LogP contribution in [0.2, 0.25) is 0 Å². The number of hydrogen-bond donors (Lipinski definition) is 1. The Morgan fingerprint density at radius 3 is 2.47 bits per heavy atom. The van der Waals surface area contributed by atoms with Crippen LogP contribution in [0, 0.1) is 0 Å². The Labute approximate surface area is 117 Å². The van der Waals surface area contributed by atoms with E-state index in [1.165, 1.54) is 0 Å². The number of hydrogen-bond acceptors (Lipinski definition) is 5. The molecule has 5 nitrogen and oxygen atoms in total. The Bertz CT molecular complexity index is 170. The van der Waals surface area contributed by atoms with Crippen molar-refractivity contribution >= 4 is 0 Å². The van der Waals surface area contributed by atoms with Crippen molar-refractivity contribution in [3.8, 4) is 0 Å². The molecule has 0 aliphatic heterocycles. The van der Waals surface area contributed by atoms with E-state index in [4.69, 9.17) is 18.9 Å². The lowest BCUT2D eigenvalue weighted by Crippen LogP contribution is -2.28. The minimum absolute atomic E-state index is 0.242. The summed E-state index contributed by atoms with van der Waals surface area (Å²) >= 11 is 0. The second-order valence-electron chi connectivity index (χ2n) is 4.39. The lowest BCUT2D eigenvalue weighted by molar-refractivity contribution is 0.0302. The Morgan fingerprint density at radius 2 is 1.74 bits per heavy atom. The lowest BCUT2D eigenvalue weighted by atomic mass is 10.3. The van der Waals surface area contributed by atoms with Gasteiger partial charge in [0.2, 0.25) is 0 Å². The Balaban J connectivity index is 3.10. The van der Waals surface area contributed by atoms with E-state index in [1.54, 1.807) is 7.11 Å². The summed E-state index contributed by atoms with van der Waals surface area (Å²) < 4.78 is 21.2. The van der Waals surface area contributed by atoms with Gasteiger partial charge in [-0.3, -0.25) is 0 Å². The van der Waals surface area contributed by atoms with Gasteiger partial charge in [0.25, 0.3) is 0 Å². The van der Waals surface area contributed by atoms with E-state index < -0.39 is 0 Å². The van der Waals surface area contributed by atoms with Crippen molar-refractivity contribution < 1.29 is 18.9 Å². The fraction of sp³-hybridized carbons (Fsp3) is 1.00. The fourth-order valence-corrected chi connectivity index (χ4v) is 1.50. The quantitative estimate of drug-likeness (QED) is 0.459. The zero-order chi connectivity index (χ0) is 14.2. The van der Waals surface area contributed by atoms with Gasteiger partial charge in [0.05, 0.1) is 19.3 Å². The molecule has 0 bridgehead atoms. The first-order valence-corrected chi connectivity index (χ1v) is 7.28. The first-order valence-electron chi connectivity index (χ1n) is 7.28. The highest BCUT2D eigenvalue weighted by atomic mass is 16.5. The van der Waals surface area contributed by atoms with Gasteiger partial charge in [-0.05, 0) is 33.2 Å². The Morgan fingerprint density at radius 1 is 0.947 bits per heavy atom. The van der Waals surface area contributed by atoms with Gasteiger partial charge >= 0.3 is 0 Å². The topological polar surface area (TPSA) is 49.0 Å². The molecule has 1 atom stereocenters. The molecular weight excluding hydrogens is 246 g/mol. The summed E-state index contributed by atoms with van der Waals surface area (Å²) in [6, 6.07) is 0. The Hall–Kier alpha value is -0.200. The maximum absolute atomic E-state index is 5.67. The van der Waals surface area contributed by atoms with Crippen molar-refractivity contribution in [2.24, 2.45) is 0 Å². The van der Waals surface area contributed by atoms with Crippen LogP contribution in [-0.4, -0.2) is 65.9 Å². The zero-order valence-corrected chi connectivity index (χ0v) is 12.8.